The summed E-state index contributed by atoms with van der Waals surface area (Å²) in [5, 5.41) is 5.56. The van der Waals surface area contributed by atoms with Gasteiger partial charge in [-0.25, -0.2) is 0 Å². The summed E-state index contributed by atoms with van der Waals surface area (Å²) in [6, 6.07) is 6.36. The number of halogens is 1. The maximum absolute atomic E-state index is 5.83. The molecule has 112 valence electrons. The third-order valence-electron chi connectivity index (χ3n) is 3.54. The van der Waals surface area contributed by atoms with Crippen LogP contribution in [0.5, 0.6) is 11.5 Å². The third kappa shape index (κ3) is 3.42. The van der Waals surface area contributed by atoms with Crippen molar-refractivity contribution in [2.24, 2.45) is 0 Å². The van der Waals surface area contributed by atoms with Crippen molar-refractivity contribution in [3.05, 3.63) is 44.1 Å². The van der Waals surface area contributed by atoms with E-state index in [0.29, 0.717) is 0 Å². The highest BCUT2D eigenvalue weighted by atomic mass is 79.9. The van der Waals surface area contributed by atoms with Gasteiger partial charge in [-0.2, -0.15) is 0 Å². The van der Waals surface area contributed by atoms with Crippen molar-refractivity contribution >= 4 is 27.3 Å². The smallest absolute Gasteiger partial charge is 0.123 e. The van der Waals surface area contributed by atoms with Crippen LogP contribution in [0.1, 0.15) is 22.9 Å². The quantitative estimate of drug-likeness (QED) is 0.861. The Morgan fingerprint density at radius 1 is 1.38 bits per heavy atom. The van der Waals surface area contributed by atoms with E-state index in [4.69, 9.17) is 9.47 Å². The Balaban J connectivity index is 1.68. The minimum atomic E-state index is 0.261. The van der Waals surface area contributed by atoms with Gasteiger partial charge in [0.2, 0.25) is 0 Å². The molecule has 0 fully saturated rings. The first-order chi connectivity index (χ1) is 10.2. The molecule has 0 saturated carbocycles. The monoisotopic (exact) mass is 367 g/mol. The molecule has 1 atom stereocenters. The first-order valence-corrected chi connectivity index (χ1v) is 8.63. The van der Waals surface area contributed by atoms with Crippen LogP contribution >= 0.6 is 27.3 Å². The topological polar surface area (TPSA) is 30.5 Å². The van der Waals surface area contributed by atoms with Gasteiger partial charge in [0.25, 0.3) is 0 Å². The van der Waals surface area contributed by atoms with Gasteiger partial charge in [0.05, 0.1) is 7.11 Å². The molecule has 1 aromatic heterocycles. The number of rotatable bonds is 5. The normalized spacial score (nSPS) is 16.6. The van der Waals surface area contributed by atoms with Crippen LogP contribution in [0.4, 0.5) is 0 Å². The van der Waals surface area contributed by atoms with Crippen molar-refractivity contribution in [2.75, 3.05) is 7.11 Å². The minimum absolute atomic E-state index is 0.261. The van der Waals surface area contributed by atoms with E-state index in [-0.39, 0.29) is 6.10 Å². The highest BCUT2D eigenvalue weighted by Gasteiger charge is 2.21. The van der Waals surface area contributed by atoms with E-state index >= 15 is 0 Å². The Morgan fingerprint density at radius 2 is 2.24 bits per heavy atom. The molecule has 5 heteroatoms. The Kier molecular flexibility index (Phi) is 4.52. The van der Waals surface area contributed by atoms with E-state index in [1.807, 2.05) is 0 Å². The molecule has 0 spiro atoms. The van der Waals surface area contributed by atoms with E-state index in [1.165, 1.54) is 10.4 Å². The molecule has 1 aliphatic rings. The molecule has 2 aromatic rings. The van der Waals surface area contributed by atoms with Gasteiger partial charge in [0.1, 0.15) is 17.6 Å². The predicted molar refractivity (Wildman–Crippen MR) is 89.4 cm³/mol. The number of methoxy groups -OCH3 is 1. The summed E-state index contributed by atoms with van der Waals surface area (Å²) in [4.78, 5) is 1.31. The number of hydrogen-bond acceptors (Lipinski definition) is 4. The number of ether oxygens (including phenoxy) is 2. The lowest BCUT2D eigenvalue weighted by Gasteiger charge is -2.11. The van der Waals surface area contributed by atoms with E-state index in [9.17, 15) is 0 Å². The van der Waals surface area contributed by atoms with Gasteiger partial charge >= 0.3 is 0 Å². The van der Waals surface area contributed by atoms with Crippen molar-refractivity contribution < 1.29 is 9.47 Å². The maximum atomic E-state index is 5.83. The van der Waals surface area contributed by atoms with E-state index in [2.05, 4.69) is 51.7 Å². The van der Waals surface area contributed by atoms with Crippen molar-refractivity contribution in [3.8, 4) is 11.5 Å². The van der Waals surface area contributed by atoms with Crippen LogP contribution in [0.25, 0.3) is 0 Å². The van der Waals surface area contributed by atoms with E-state index in [0.717, 1.165) is 41.0 Å². The Labute approximate surface area is 137 Å². The summed E-state index contributed by atoms with van der Waals surface area (Å²) in [6.45, 7) is 3.72. The van der Waals surface area contributed by atoms with Gasteiger partial charge < -0.3 is 14.8 Å². The summed E-state index contributed by atoms with van der Waals surface area (Å²) < 4.78 is 12.5. The van der Waals surface area contributed by atoms with Crippen LogP contribution in [0.15, 0.2) is 28.1 Å². The second kappa shape index (κ2) is 6.38. The fraction of sp³-hybridized carbons (Fsp3) is 0.375. The van der Waals surface area contributed by atoms with Crippen LogP contribution in [0.2, 0.25) is 0 Å². The number of benzene rings is 1. The summed E-state index contributed by atoms with van der Waals surface area (Å²) in [5.41, 5.74) is 2.38. The predicted octanol–water partition coefficient (Wildman–Crippen LogP) is 4.13. The molecule has 1 unspecified atom stereocenters. The van der Waals surface area contributed by atoms with Gasteiger partial charge in [-0.15, -0.1) is 11.3 Å². The fourth-order valence-corrected chi connectivity index (χ4v) is 4.00. The average molecular weight is 368 g/mol. The number of nitrogens with one attached hydrogen (secondary N) is 1. The van der Waals surface area contributed by atoms with Crippen molar-refractivity contribution in [1.29, 1.82) is 0 Å². The second-order valence-electron chi connectivity index (χ2n) is 5.24. The van der Waals surface area contributed by atoms with Crippen LogP contribution in [0, 0.1) is 0 Å². The zero-order valence-electron chi connectivity index (χ0n) is 12.1. The molecule has 1 aliphatic heterocycles. The Morgan fingerprint density at radius 3 is 2.95 bits per heavy atom. The Hall–Kier alpha value is -1.04. The third-order valence-corrected chi connectivity index (χ3v) is 5.23. The zero-order valence-corrected chi connectivity index (χ0v) is 14.5. The molecule has 0 amide bonds. The van der Waals surface area contributed by atoms with Gasteiger partial charge in [0, 0.05) is 45.4 Å². The van der Waals surface area contributed by atoms with Crippen LogP contribution < -0.4 is 14.8 Å². The fourth-order valence-electron chi connectivity index (χ4n) is 2.58. The molecule has 21 heavy (non-hydrogen) atoms. The summed E-state index contributed by atoms with van der Waals surface area (Å²) in [7, 11) is 1.72. The molecule has 3 rings (SSSR count). The van der Waals surface area contributed by atoms with Gasteiger partial charge in [-0.05, 0) is 41.1 Å². The number of hydrogen-bond donors (Lipinski definition) is 1. The highest BCUT2D eigenvalue weighted by Crippen LogP contribution is 2.35. The lowest BCUT2D eigenvalue weighted by Crippen LogP contribution is -2.12. The summed E-state index contributed by atoms with van der Waals surface area (Å²) >= 11 is 5.23. The number of fused-ring (bicyclic) bond motifs is 1. The van der Waals surface area contributed by atoms with Gasteiger partial charge in [0.15, 0.2) is 0 Å². The minimum Gasteiger partial charge on any atom is -0.496 e. The first-order valence-electron chi connectivity index (χ1n) is 6.96. The van der Waals surface area contributed by atoms with Crippen LogP contribution in [-0.2, 0) is 19.5 Å². The molecule has 0 bridgehead atoms. The summed E-state index contributed by atoms with van der Waals surface area (Å²) in [6.07, 6.45) is 1.22. The van der Waals surface area contributed by atoms with Crippen molar-refractivity contribution in [3.63, 3.8) is 0 Å². The lowest BCUT2D eigenvalue weighted by molar-refractivity contribution is 0.254. The lowest BCUT2D eigenvalue weighted by atomic mass is 10.1. The van der Waals surface area contributed by atoms with Gasteiger partial charge in [-0.3, -0.25) is 0 Å². The highest BCUT2D eigenvalue weighted by molar-refractivity contribution is 9.10. The molecular weight excluding hydrogens is 350 g/mol. The molecule has 0 aliphatic carbocycles. The van der Waals surface area contributed by atoms with Crippen molar-refractivity contribution in [1.82, 2.24) is 5.32 Å². The van der Waals surface area contributed by atoms with E-state index in [1.54, 1.807) is 18.4 Å². The Bertz CT molecular complexity index is 641. The van der Waals surface area contributed by atoms with Crippen LogP contribution in [-0.4, -0.2) is 13.2 Å². The van der Waals surface area contributed by atoms with Crippen molar-refractivity contribution in [2.45, 2.75) is 32.5 Å². The maximum Gasteiger partial charge on any atom is 0.123 e. The second-order valence-corrected chi connectivity index (χ2v) is 7.15. The SMILES string of the molecule is COc1cc2c(cc1CNCc1cc(Br)cs1)OC(C)C2. The van der Waals surface area contributed by atoms with Crippen LogP contribution in [0.3, 0.4) is 0 Å². The average Bonchev–Trinajstić information content (AvgIpc) is 3.02. The number of thiophene rings is 1. The molecule has 1 aromatic carbocycles. The largest absolute Gasteiger partial charge is 0.496 e. The van der Waals surface area contributed by atoms with Gasteiger partial charge in [-0.1, -0.05) is 0 Å². The molecule has 2 heterocycles. The molecule has 1 N–H and O–H groups in total. The molecule has 0 saturated heterocycles. The first kappa shape index (κ1) is 14.9. The molecular formula is C16H18BrNO2S. The molecule has 0 radical (unpaired) electrons. The standard InChI is InChI=1S/C16H18BrNO2S/c1-10-3-11-4-15(19-2)12(5-16(11)20-10)7-18-8-14-6-13(17)9-21-14/h4-6,9-10,18H,3,7-8H2,1-2H3. The summed E-state index contributed by atoms with van der Waals surface area (Å²) in [5.74, 6) is 1.94. The molecule has 3 nitrogen and oxygen atoms in total. The van der Waals surface area contributed by atoms with E-state index < -0.39 is 0 Å². The zero-order chi connectivity index (χ0) is 14.8.